The summed E-state index contributed by atoms with van der Waals surface area (Å²) in [6.45, 7) is 0.693. The van der Waals surface area contributed by atoms with Gasteiger partial charge in [-0.05, 0) is 31.7 Å². The van der Waals surface area contributed by atoms with E-state index in [1.165, 1.54) is 18.5 Å². The predicted octanol–water partition coefficient (Wildman–Crippen LogP) is 0.328. The van der Waals surface area contributed by atoms with Gasteiger partial charge in [-0.25, -0.2) is 4.98 Å². The Hall–Kier alpha value is -0.870. The number of rotatable bonds is 5. The van der Waals surface area contributed by atoms with Crippen LogP contribution < -0.4 is 5.73 Å². The summed E-state index contributed by atoms with van der Waals surface area (Å²) in [5.41, 5.74) is 6.76. The lowest BCUT2D eigenvalue weighted by atomic mass is 10.1. The summed E-state index contributed by atoms with van der Waals surface area (Å²) >= 11 is 0. The highest BCUT2D eigenvalue weighted by atomic mass is 16.3. The second-order valence-corrected chi connectivity index (χ2v) is 4.01. The van der Waals surface area contributed by atoms with E-state index in [1.807, 2.05) is 12.5 Å². The van der Waals surface area contributed by atoms with Crippen molar-refractivity contribution in [1.82, 2.24) is 9.55 Å². The molecule has 78 valence electrons. The molecule has 0 aliphatic heterocycles. The molecule has 1 aliphatic rings. The van der Waals surface area contributed by atoms with Crippen LogP contribution in [0.5, 0.6) is 0 Å². The van der Waals surface area contributed by atoms with Gasteiger partial charge < -0.3 is 15.4 Å². The first-order valence-corrected chi connectivity index (χ1v) is 5.16. The molecule has 14 heavy (non-hydrogen) atoms. The van der Waals surface area contributed by atoms with Crippen LogP contribution in [0.25, 0.3) is 0 Å². The van der Waals surface area contributed by atoms with Gasteiger partial charge in [0, 0.05) is 24.5 Å². The Bertz CT molecular complexity index is 289. The third kappa shape index (κ3) is 1.96. The molecule has 1 saturated carbocycles. The van der Waals surface area contributed by atoms with E-state index in [9.17, 15) is 0 Å². The molecule has 0 aromatic carbocycles. The van der Waals surface area contributed by atoms with E-state index in [-0.39, 0.29) is 12.5 Å². The first-order chi connectivity index (χ1) is 6.85. The zero-order chi connectivity index (χ0) is 9.97. The third-order valence-electron chi connectivity index (χ3n) is 2.78. The van der Waals surface area contributed by atoms with E-state index in [4.69, 9.17) is 10.8 Å². The van der Waals surface area contributed by atoms with Crippen LogP contribution in [-0.2, 0) is 6.42 Å². The number of imidazole rings is 1. The van der Waals surface area contributed by atoms with Crippen LogP contribution in [0.1, 0.15) is 24.6 Å². The standard InChI is InChI=1S/C10H17N3O/c11-4-8(6-14)3-10-5-12-7-13(10)9-1-2-9/h5,7-9,14H,1-4,6,11H2. The van der Waals surface area contributed by atoms with Gasteiger partial charge in [0.2, 0.25) is 0 Å². The highest BCUT2D eigenvalue weighted by Gasteiger charge is 2.25. The van der Waals surface area contributed by atoms with Crippen LogP contribution >= 0.6 is 0 Å². The minimum atomic E-state index is 0.159. The number of aromatic nitrogens is 2. The van der Waals surface area contributed by atoms with Crippen LogP contribution in [0.4, 0.5) is 0 Å². The first kappa shape index (κ1) is 9.68. The minimum Gasteiger partial charge on any atom is -0.396 e. The second-order valence-electron chi connectivity index (χ2n) is 4.01. The smallest absolute Gasteiger partial charge is 0.0950 e. The van der Waals surface area contributed by atoms with Crippen molar-refractivity contribution in [2.75, 3.05) is 13.2 Å². The molecular weight excluding hydrogens is 178 g/mol. The maximum Gasteiger partial charge on any atom is 0.0950 e. The molecule has 0 spiro atoms. The lowest BCUT2D eigenvalue weighted by molar-refractivity contribution is 0.228. The number of hydrogen-bond donors (Lipinski definition) is 2. The number of aliphatic hydroxyl groups is 1. The molecule has 1 atom stereocenters. The topological polar surface area (TPSA) is 64.1 Å². The Morgan fingerprint density at radius 3 is 3.00 bits per heavy atom. The molecular formula is C10H17N3O. The van der Waals surface area contributed by atoms with Gasteiger partial charge in [-0.3, -0.25) is 0 Å². The molecule has 0 radical (unpaired) electrons. The highest BCUT2D eigenvalue weighted by molar-refractivity contribution is 5.04. The van der Waals surface area contributed by atoms with Gasteiger partial charge in [0.15, 0.2) is 0 Å². The van der Waals surface area contributed by atoms with Gasteiger partial charge >= 0.3 is 0 Å². The SMILES string of the molecule is NCC(CO)Cc1cncn1C1CC1. The quantitative estimate of drug-likeness (QED) is 0.711. The molecule has 0 bridgehead atoms. The van der Waals surface area contributed by atoms with Crippen molar-refractivity contribution in [1.29, 1.82) is 0 Å². The molecule has 1 aliphatic carbocycles. The lowest BCUT2D eigenvalue weighted by Crippen LogP contribution is -2.21. The molecule has 3 N–H and O–H groups in total. The summed E-state index contributed by atoms with van der Waals surface area (Å²) in [6, 6.07) is 0.657. The van der Waals surface area contributed by atoms with Crippen molar-refractivity contribution in [3.05, 3.63) is 18.2 Å². The number of hydrogen-bond acceptors (Lipinski definition) is 3. The van der Waals surface area contributed by atoms with Gasteiger partial charge in [-0.1, -0.05) is 0 Å². The van der Waals surface area contributed by atoms with Crippen LogP contribution in [-0.4, -0.2) is 27.8 Å². The van der Waals surface area contributed by atoms with Gasteiger partial charge in [0.1, 0.15) is 0 Å². The Morgan fingerprint density at radius 2 is 2.43 bits per heavy atom. The van der Waals surface area contributed by atoms with Crippen molar-refractivity contribution in [3.8, 4) is 0 Å². The zero-order valence-electron chi connectivity index (χ0n) is 8.26. The largest absolute Gasteiger partial charge is 0.396 e. The fourth-order valence-electron chi connectivity index (χ4n) is 1.69. The van der Waals surface area contributed by atoms with E-state index in [1.54, 1.807) is 0 Å². The van der Waals surface area contributed by atoms with Crippen molar-refractivity contribution >= 4 is 0 Å². The van der Waals surface area contributed by atoms with Crippen molar-refractivity contribution < 1.29 is 5.11 Å². The third-order valence-corrected chi connectivity index (χ3v) is 2.78. The molecule has 1 aromatic heterocycles. The molecule has 0 saturated heterocycles. The van der Waals surface area contributed by atoms with E-state index in [2.05, 4.69) is 9.55 Å². The monoisotopic (exact) mass is 195 g/mol. The average Bonchev–Trinajstić information content (AvgIpc) is 2.95. The Morgan fingerprint density at radius 1 is 1.64 bits per heavy atom. The summed E-state index contributed by atoms with van der Waals surface area (Å²) in [4.78, 5) is 4.15. The number of nitrogens with two attached hydrogens (primary N) is 1. The van der Waals surface area contributed by atoms with Crippen LogP contribution in [0.15, 0.2) is 12.5 Å². The maximum absolute atomic E-state index is 9.06. The van der Waals surface area contributed by atoms with Crippen LogP contribution in [0.3, 0.4) is 0 Å². The summed E-state index contributed by atoms with van der Waals surface area (Å²) in [5.74, 6) is 0.171. The summed E-state index contributed by atoms with van der Waals surface area (Å²) in [7, 11) is 0. The predicted molar refractivity (Wildman–Crippen MR) is 53.8 cm³/mol. The Labute approximate surface area is 83.8 Å². The fourth-order valence-corrected chi connectivity index (χ4v) is 1.69. The molecule has 0 amide bonds. The minimum absolute atomic E-state index is 0.159. The molecule has 1 heterocycles. The van der Waals surface area contributed by atoms with E-state index >= 15 is 0 Å². The molecule has 1 fully saturated rings. The van der Waals surface area contributed by atoms with Gasteiger partial charge in [0.05, 0.1) is 6.33 Å². The Balaban J connectivity index is 2.03. The van der Waals surface area contributed by atoms with Gasteiger partial charge in [-0.15, -0.1) is 0 Å². The number of nitrogens with zero attached hydrogens (tertiary/aromatic N) is 2. The molecule has 4 nitrogen and oxygen atoms in total. The average molecular weight is 195 g/mol. The fraction of sp³-hybridized carbons (Fsp3) is 0.700. The van der Waals surface area contributed by atoms with Crippen molar-refractivity contribution in [3.63, 3.8) is 0 Å². The number of aliphatic hydroxyl groups excluding tert-OH is 1. The van der Waals surface area contributed by atoms with Gasteiger partial charge in [0.25, 0.3) is 0 Å². The molecule has 2 rings (SSSR count). The summed E-state index contributed by atoms with van der Waals surface area (Å²) in [5, 5.41) is 9.06. The molecule has 1 aromatic rings. The molecule has 4 heteroatoms. The van der Waals surface area contributed by atoms with Crippen molar-refractivity contribution in [2.24, 2.45) is 11.7 Å². The van der Waals surface area contributed by atoms with E-state index in [0.717, 1.165) is 6.42 Å². The maximum atomic E-state index is 9.06. The second kappa shape index (κ2) is 4.11. The molecule has 1 unspecified atom stereocenters. The van der Waals surface area contributed by atoms with Crippen molar-refractivity contribution in [2.45, 2.75) is 25.3 Å². The highest BCUT2D eigenvalue weighted by Crippen LogP contribution is 2.35. The van der Waals surface area contributed by atoms with Crippen LogP contribution in [0.2, 0.25) is 0 Å². The van der Waals surface area contributed by atoms with E-state index in [0.29, 0.717) is 12.6 Å². The van der Waals surface area contributed by atoms with E-state index < -0.39 is 0 Å². The summed E-state index contributed by atoms with van der Waals surface area (Å²) in [6.07, 6.45) is 7.13. The Kier molecular flexibility index (Phi) is 2.84. The summed E-state index contributed by atoms with van der Waals surface area (Å²) < 4.78 is 2.22. The first-order valence-electron chi connectivity index (χ1n) is 5.16. The normalized spacial score (nSPS) is 18.4. The lowest BCUT2D eigenvalue weighted by Gasteiger charge is -2.12. The van der Waals surface area contributed by atoms with Gasteiger partial charge in [-0.2, -0.15) is 0 Å². The van der Waals surface area contributed by atoms with Crippen LogP contribution in [0, 0.1) is 5.92 Å². The zero-order valence-corrected chi connectivity index (χ0v) is 8.26.